The van der Waals surface area contributed by atoms with E-state index in [1.165, 1.54) is 44.3 Å². The molecule has 0 bridgehead atoms. The Morgan fingerprint density at radius 1 is 0.543 bits per heavy atom. The highest BCUT2D eigenvalue weighted by atomic mass is 16.5. The van der Waals surface area contributed by atoms with Gasteiger partial charge in [0, 0.05) is 21.9 Å². The van der Waals surface area contributed by atoms with Gasteiger partial charge in [-0.25, -0.2) is 15.0 Å². The van der Waals surface area contributed by atoms with Crippen LogP contribution in [0.15, 0.2) is 85.2 Å². The van der Waals surface area contributed by atoms with Crippen molar-refractivity contribution in [2.75, 3.05) is 7.11 Å². The van der Waals surface area contributed by atoms with E-state index in [0.29, 0.717) is 11.6 Å². The lowest BCUT2D eigenvalue weighted by molar-refractivity contribution is 0.415. The summed E-state index contributed by atoms with van der Waals surface area (Å²) < 4.78 is 8.08. The summed E-state index contributed by atoms with van der Waals surface area (Å²) in [6.07, 6.45) is 1.66. The Hall–Kier alpha value is -5.29. The van der Waals surface area contributed by atoms with Crippen molar-refractivity contribution in [1.29, 1.82) is 0 Å². The van der Waals surface area contributed by atoms with Crippen LogP contribution in [0.1, 0.15) is 38.9 Å². The summed E-state index contributed by atoms with van der Waals surface area (Å²) in [5.41, 5.74) is 16.2. The topological polar surface area (TPSA) is 52.8 Å². The average Bonchev–Trinajstić information content (AvgIpc) is 3.37. The molecule has 0 amide bonds. The summed E-state index contributed by atoms with van der Waals surface area (Å²) in [5, 5.41) is 2.33. The monoisotopic (exact) mass is 602 g/mol. The first kappa shape index (κ1) is 29.4. The fraction of sp³-hybridized carbons (Fsp3) is 0.195. The van der Waals surface area contributed by atoms with Gasteiger partial charge in [-0.2, -0.15) is 0 Å². The van der Waals surface area contributed by atoms with E-state index in [2.05, 4.69) is 131 Å². The van der Waals surface area contributed by atoms with Gasteiger partial charge in [-0.1, -0.05) is 48.5 Å². The number of benzene rings is 5. The molecule has 0 saturated heterocycles. The predicted octanol–water partition coefficient (Wildman–Crippen LogP) is 10.1. The lowest BCUT2D eigenvalue weighted by atomic mass is 9.93. The second kappa shape index (κ2) is 11.3. The van der Waals surface area contributed by atoms with Gasteiger partial charge in [0.25, 0.3) is 0 Å². The first-order chi connectivity index (χ1) is 22.2. The van der Waals surface area contributed by atoms with Gasteiger partial charge >= 0.3 is 0 Å². The number of nitrogens with zero attached hydrogens (tertiary/aromatic N) is 4. The number of hydrogen-bond donors (Lipinski definition) is 0. The van der Waals surface area contributed by atoms with E-state index < -0.39 is 0 Å². The van der Waals surface area contributed by atoms with Crippen molar-refractivity contribution < 1.29 is 4.74 Å². The Morgan fingerprint density at radius 2 is 1.15 bits per heavy atom. The normalized spacial score (nSPS) is 11.5. The third kappa shape index (κ3) is 4.66. The molecule has 7 aromatic rings. The van der Waals surface area contributed by atoms with Gasteiger partial charge in [-0.05, 0) is 129 Å². The van der Waals surface area contributed by atoms with E-state index in [4.69, 9.17) is 14.7 Å². The molecule has 5 heteroatoms. The highest BCUT2D eigenvalue weighted by Crippen LogP contribution is 2.41. The summed E-state index contributed by atoms with van der Waals surface area (Å²) in [4.78, 5) is 14.6. The van der Waals surface area contributed by atoms with Crippen molar-refractivity contribution in [3.8, 4) is 45.3 Å². The SMILES string of the molecule is COc1ccc2c(c1)c1cc(-c3ccccc3)ccc1n2-c1c(C)cc(C)c(-c2ncnc(-c3c(C)c(C)cc(C)c3C)n2)c1C. The van der Waals surface area contributed by atoms with Crippen LogP contribution in [-0.2, 0) is 0 Å². The Balaban J connectivity index is 1.48. The van der Waals surface area contributed by atoms with E-state index in [0.717, 1.165) is 50.1 Å². The van der Waals surface area contributed by atoms with Crippen molar-refractivity contribution in [3.05, 3.63) is 124 Å². The fourth-order valence-corrected chi connectivity index (χ4v) is 7.13. The minimum Gasteiger partial charge on any atom is -0.497 e. The molecule has 0 fully saturated rings. The smallest absolute Gasteiger partial charge is 0.163 e. The summed E-state index contributed by atoms with van der Waals surface area (Å²) in [6, 6.07) is 28.2. The molecule has 5 nitrogen and oxygen atoms in total. The van der Waals surface area contributed by atoms with E-state index in [1.807, 2.05) is 6.07 Å². The Labute approximate surface area is 270 Å². The van der Waals surface area contributed by atoms with Gasteiger partial charge in [-0.15, -0.1) is 0 Å². The van der Waals surface area contributed by atoms with Crippen LogP contribution in [0.3, 0.4) is 0 Å². The number of aryl methyl sites for hydroxylation is 4. The summed E-state index contributed by atoms with van der Waals surface area (Å²) in [6.45, 7) is 15.2. The van der Waals surface area contributed by atoms with Crippen LogP contribution in [0.4, 0.5) is 0 Å². The van der Waals surface area contributed by atoms with Crippen LogP contribution >= 0.6 is 0 Å². The van der Waals surface area contributed by atoms with Gasteiger partial charge < -0.3 is 9.30 Å². The molecule has 0 radical (unpaired) electrons. The number of aromatic nitrogens is 4. The molecule has 2 heterocycles. The maximum atomic E-state index is 5.69. The van der Waals surface area contributed by atoms with Crippen LogP contribution in [-0.4, -0.2) is 26.6 Å². The average molecular weight is 603 g/mol. The Morgan fingerprint density at radius 3 is 1.83 bits per heavy atom. The quantitative estimate of drug-likeness (QED) is 0.197. The maximum Gasteiger partial charge on any atom is 0.163 e. The third-order valence-electron chi connectivity index (χ3n) is 9.62. The first-order valence-electron chi connectivity index (χ1n) is 15.7. The second-order valence-corrected chi connectivity index (χ2v) is 12.4. The molecular formula is C41H38N4O. The molecule has 0 aliphatic rings. The highest BCUT2D eigenvalue weighted by molar-refractivity contribution is 6.11. The van der Waals surface area contributed by atoms with Gasteiger partial charge in [0.1, 0.15) is 12.1 Å². The molecule has 0 spiro atoms. The van der Waals surface area contributed by atoms with Crippen LogP contribution < -0.4 is 4.74 Å². The summed E-state index contributed by atoms with van der Waals surface area (Å²) >= 11 is 0. The standard InChI is InChI=1S/C41H38N4O/c1-23-18-24(2)28(6)38(27(23)5)41-43-22-42-40(44-41)37-25(3)19-26(4)39(29(37)7)45-35-16-14-31(30-12-10-9-11-13-30)20-33(35)34-21-32(46-8)15-17-36(34)45/h9-22H,1-8H3. The molecule has 2 aromatic heterocycles. The minimum atomic E-state index is 0.688. The molecule has 7 rings (SSSR count). The fourth-order valence-electron chi connectivity index (χ4n) is 7.13. The maximum absolute atomic E-state index is 5.69. The molecule has 0 aliphatic heterocycles. The van der Waals surface area contributed by atoms with Crippen molar-refractivity contribution in [3.63, 3.8) is 0 Å². The van der Waals surface area contributed by atoms with Crippen molar-refractivity contribution in [2.24, 2.45) is 0 Å². The number of hydrogen-bond acceptors (Lipinski definition) is 4. The first-order valence-corrected chi connectivity index (χ1v) is 15.7. The van der Waals surface area contributed by atoms with Crippen LogP contribution in [0, 0.1) is 48.5 Å². The van der Waals surface area contributed by atoms with E-state index in [9.17, 15) is 0 Å². The zero-order chi connectivity index (χ0) is 32.3. The number of fused-ring (bicyclic) bond motifs is 3. The van der Waals surface area contributed by atoms with Crippen LogP contribution in [0.5, 0.6) is 5.75 Å². The van der Waals surface area contributed by atoms with Crippen molar-refractivity contribution >= 4 is 21.8 Å². The largest absolute Gasteiger partial charge is 0.497 e. The molecule has 0 atom stereocenters. The van der Waals surface area contributed by atoms with Gasteiger partial charge in [0.05, 0.1) is 23.8 Å². The van der Waals surface area contributed by atoms with Gasteiger partial charge in [0.15, 0.2) is 11.6 Å². The molecule has 0 unspecified atom stereocenters. The molecular weight excluding hydrogens is 564 g/mol. The molecule has 0 saturated carbocycles. The van der Waals surface area contributed by atoms with E-state index >= 15 is 0 Å². The number of methoxy groups -OCH3 is 1. The predicted molar refractivity (Wildman–Crippen MR) is 190 cm³/mol. The second-order valence-electron chi connectivity index (χ2n) is 12.4. The molecule has 0 N–H and O–H groups in total. The van der Waals surface area contributed by atoms with Crippen molar-refractivity contribution in [2.45, 2.75) is 48.5 Å². The van der Waals surface area contributed by atoms with E-state index in [-0.39, 0.29) is 0 Å². The molecule has 46 heavy (non-hydrogen) atoms. The summed E-state index contributed by atoms with van der Waals surface area (Å²) in [7, 11) is 1.72. The highest BCUT2D eigenvalue weighted by Gasteiger charge is 2.22. The number of rotatable bonds is 5. The van der Waals surface area contributed by atoms with Gasteiger partial charge in [0.2, 0.25) is 0 Å². The molecule has 5 aromatic carbocycles. The molecule has 0 aliphatic carbocycles. The Bertz CT molecular complexity index is 2290. The van der Waals surface area contributed by atoms with Crippen LogP contribution in [0.25, 0.3) is 61.4 Å². The lowest BCUT2D eigenvalue weighted by Gasteiger charge is -2.20. The van der Waals surface area contributed by atoms with Crippen LogP contribution in [0.2, 0.25) is 0 Å². The van der Waals surface area contributed by atoms with E-state index in [1.54, 1.807) is 13.4 Å². The lowest BCUT2D eigenvalue weighted by Crippen LogP contribution is -2.06. The number of ether oxygens (including phenoxy) is 1. The minimum absolute atomic E-state index is 0.688. The van der Waals surface area contributed by atoms with Crippen molar-refractivity contribution in [1.82, 2.24) is 19.5 Å². The summed E-state index contributed by atoms with van der Waals surface area (Å²) in [5.74, 6) is 2.24. The zero-order valence-corrected chi connectivity index (χ0v) is 27.8. The zero-order valence-electron chi connectivity index (χ0n) is 27.8. The Kier molecular flexibility index (Phi) is 7.20. The molecule has 228 valence electrons. The third-order valence-corrected chi connectivity index (χ3v) is 9.62. The van der Waals surface area contributed by atoms with Gasteiger partial charge in [-0.3, -0.25) is 0 Å².